The lowest BCUT2D eigenvalue weighted by Gasteiger charge is -2.55. The molecule has 45 heavy (non-hydrogen) atoms. The van der Waals surface area contributed by atoms with Crippen molar-refractivity contribution in [1.29, 1.82) is 0 Å². The third-order valence-corrected chi connectivity index (χ3v) is 11.7. The normalized spacial score (nSPS) is 31.2. The van der Waals surface area contributed by atoms with Gasteiger partial charge in [0.1, 0.15) is 12.4 Å². The van der Waals surface area contributed by atoms with E-state index in [0.29, 0.717) is 31.0 Å². The van der Waals surface area contributed by atoms with Gasteiger partial charge in [-0.2, -0.15) is 0 Å². The molecular weight excluding hydrogens is 562 g/mol. The number of hydrogen-bond acceptors (Lipinski definition) is 6. The molecule has 7 heteroatoms. The minimum absolute atomic E-state index is 0.365. The molecule has 7 nitrogen and oxygen atoms in total. The Bertz CT molecular complexity index is 1260. The van der Waals surface area contributed by atoms with Gasteiger partial charge in [-0.3, -0.25) is 20.3 Å². The number of fused-ring (bicyclic) bond motifs is 3. The lowest BCUT2D eigenvalue weighted by molar-refractivity contribution is -0.142. The van der Waals surface area contributed by atoms with Crippen LogP contribution >= 0.6 is 0 Å². The predicted octanol–water partition coefficient (Wildman–Crippen LogP) is 6.14. The standard InChI is InChI=1S/C38H55N3O4/c1-25-5-7-27(8-6-25)24-45-32-14-16-33-29(23-32)9-15-34-35(39-26(2)40-36(33)34)28-17-19-41(20-18-28)21-22-44-31-12-10-30(11-13-31)38(3,4)37(42)43/h5-8,10-13,26,28-29,32-36,39-40H,9,14-24H2,1-4H3,(H,42,43). The lowest BCUT2D eigenvalue weighted by atomic mass is 9.60. The van der Waals surface area contributed by atoms with Crippen LogP contribution in [0.3, 0.4) is 0 Å². The summed E-state index contributed by atoms with van der Waals surface area (Å²) in [5.74, 6) is 2.99. The Morgan fingerprint density at radius 3 is 2.29 bits per heavy atom. The average molecular weight is 618 g/mol. The number of nitrogens with one attached hydrogen (secondary N) is 2. The van der Waals surface area contributed by atoms with Crippen LogP contribution in [0.15, 0.2) is 48.5 Å². The molecule has 6 rings (SSSR count). The van der Waals surface area contributed by atoms with Crippen molar-refractivity contribution in [1.82, 2.24) is 15.5 Å². The number of aryl methyl sites for hydroxylation is 1. The monoisotopic (exact) mass is 617 g/mol. The summed E-state index contributed by atoms with van der Waals surface area (Å²) >= 11 is 0. The smallest absolute Gasteiger partial charge is 0.313 e. The van der Waals surface area contributed by atoms with E-state index in [9.17, 15) is 9.90 Å². The fraction of sp³-hybridized carbons (Fsp3) is 0.658. The number of carboxylic acids is 1. The summed E-state index contributed by atoms with van der Waals surface area (Å²) in [5, 5.41) is 17.5. The number of carboxylic acid groups (broad SMARTS) is 1. The molecule has 7 unspecified atom stereocenters. The number of piperidine rings is 1. The third kappa shape index (κ3) is 7.59. The van der Waals surface area contributed by atoms with E-state index in [-0.39, 0.29) is 0 Å². The summed E-state index contributed by atoms with van der Waals surface area (Å²) in [6.45, 7) is 12.5. The highest BCUT2D eigenvalue weighted by atomic mass is 16.5. The van der Waals surface area contributed by atoms with Gasteiger partial charge in [-0.1, -0.05) is 42.0 Å². The maximum absolute atomic E-state index is 11.5. The highest BCUT2D eigenvalue weighted by Crippen LogP contribution is 2.47. The zero-order chi connectivity index (χ0) is 31.6. The number of benzene rings is 2. The van der Waals surface area contributed by atoms with Gasteiger partial charge in [0.05, 0.1) is 24.3 Å². The molecule has 4 aliphatic rings. The van der Waals surface area contributed by atoms with Crippen LogP contribution < -0.4 is 15.4 Å². The Morgan fingerprint density at radius 2 is 1.58 bits per heavy atom. The van der Waals surface area contributed by atoms with E-state index in [2.05, 4.69) is 53.6 Å². The highest BCUT2D eigenvalue weighted by molar-refractivity contribution is 5.80. The van der Waals surface area contributed by atoms with Gasteiger partial charge in [-0.15, -0.1) is 0 Å². The van der Waals surface area contributed by atoms with Gasteiger partial charge in [0, 0.05) is 18.6 Å². The zero-order valence-electron chi connectivity index (χ0n) is 27.8. The first-order chi connectivity index (χ1) is 21.7. The van der Waals surface area contributed by atoms with Gasteiger partial charge in [0.2, 0.25) is 0 Å². The molecule has 2 saturated carbocycles. The minimum atomic E-state index is -0.903. The second-order valence-corrected chi connectivity index (χ2v) is 15.0. The quantitative estimate of drug-likeness (QED) is 0.296. The van der Waals surface area contributed by atoms with E-state index in [4.69, 9.17) is 9.47 Å². The number of carbonyl (C=O) groups is 1. The molecule has 3 N–H and O–H groups in total. The maximum Gasteiger partial charge on any atom is 0.313 e. The molecule has 7 atom stereocenters. The number of aliphatic carboxylic acids is 1. The van der Waals surface area contributed by atoms with Crippen molar-refractivity contribution in [2.75, 3.05) is 26.2 Å². The van der Waals surface area contributed by atoms with Crippen LogP contribution in [0, 0.1) is 30.6 Å². The van der Waals surface area contributed by atoms with Crippen LogP contribution in [0.4, 0.5) is 0 Å². The first kappa shape index (κ1) is 32.5. The highest BCUT2D eigenvalue weighted by Gasteiger charge is 2.49. The summed E-state index contributed by atoms with van der Waals surface area (Å²) in [6.07, 6.45) is 9.62. The van der Waals surface area contributed by atoms with Crippen LogP contribution in [0.2, 0.25) is 0 Å². The Hall–Kier alpha value is -2.45. The SMILES string of the molecule is Cc1ccc(COC2CCC3C(CCC4C(C5CCN(CCOc6ccc(C(C)(C)C(=O)O)cc6)CC5)NC(C)NC34)C2)cc1. The van der Waals surface area contributed by atoms with E-state index in [0.717, 1.165) is 61.2 Å². The van der Waals surface area contributed by atoms with E-state index < -0.39 is 11.4 Å². The van der Waals surface area contributed by atoms with E-state index in [1.807, 2.05) is 24.3 Å². The molecule has 0 spiro atoms. The van der Waals surface area contributed by atoms with Crippen LogP contribution in [0.5, 0.6) is 5.75 Å². The second-order valence-electron chi connectivity index (χ2n) is 15.0. The number of likely N-dealkylation sites (tertiary alicyclic amines) is 1. The molecule has 2 saturated heterocycles. The fourth-order valence-electron chi connectivity index (χ4n) is 8.81. The molecule has 0 aromatic heterocycles. The fourth-order valence-corrected chi connectivity index (χ4v) is 8.81. The summed E-state index contributed by atoms with van der Waals surface area (Å²) in [4.78, 5) is 14.1. The molecule has 2 aliphatic carbocycles. The summed E-state index contributed by atoms with van der Waals surface area (Å²) in [7, 11) is 0. The van der Waals surface area contributed by atoms with Crippen molar-refractivity contribution in [2.45, 2.75) is 109 Å². The number of ether oxygens (including phenoxy) is 2. The number of hydrogen-bond donors (Lipinski definition) is 3. The summed E-state index contributed by atoms with van der Waals surface area (Å²) in [6, 6.07) is 17.5. The van der Waals surface area contributed by atoms with Crippen molar-refractivity contribution >= 4 is 5.97 Å². The zero-order valence-corrected chi connectivity index (χ0v) is 27.8. The van der Waals surface area contributed by atoms with E-state index in [1.54, 1.807) is 13.8 Å². The van der Waals surface area contributed by atoms with Crippen molar-refractivity contribution in [3.8, 4) is 5.75 Å². The minimum Gasteiger partial charge on any atom is -0.492 e. The van der Waals surface area contributed by atoms with Crippen LogP contribution in [0.1, 0.15) is 82.4 Å². The lowest BCUT2D eigenvalue weighted by Crippen LogP contribution is -2.68. The average Bonchev–Trinajstić information content (AvgIpc) is 3.04. The molecule has 2 aliphatic heterocycles. The number of rotatable bonds is 10. The first-order valence-corrected chi connectivity index (χ1v) is 17.6. The predicted molar refractivity (Wildman–Crippen MR) is 178 cm³/mol. The second kappa shape index (κ2) is 14.1. The van der Waals surface area contributed by atoms with Gasteiger partial charge in [-0.05, 0) is 133 Å². The van der Waals surface area contributed by atoms with Gasteiger partial charge >= 0.3 is 5.97 Å². The summed E-state index contributed by atoms with van der Waals surface area (Å²) < 4.78 is 12.5. The van der Waals surface area contributed by atoms with Gasteiger partial charge in [0.25, 0.3) is 0 Å². The van der Waals surface area contributed by atoms with Gasteiger partial charge in [0.15, 0.2) is 0 Å². The molecule has 2 heterocycles. The maximum atomic E-state index is 11.5. The Morgan fingerprint density at radius 1 is 0.889 bits per heavy atom. The van der Waals surface area contributed by atoms with Gasteiger partial charge < -0.3 is 14.6 Å². The Labute approximate surface area is 270 Å². The van der Waals surface area contributed by atoms with Crippen LogP contribution in [-0.2, 0) is 21.6 Å². The molecule has 0 bridgehead atoms. The molecule has 246 valence electrons. The molecule has 0 radical (unpaired) electrons. The largest absolute Gasteiger partial charge is 0.492 e. The van der Waals surface area contributed by atoms with Crippen LogP contribution in [0.25, 0.3) is 0 Å². The third-order valence-electron chi connectivity index (χ3n) is 11.7. The molecule has 2 aromatic carbocycles. The number of nitrogens with zero attached hydrogens (tertiary/aromatic N) is 1. The molecule has 2 aromatic rings. The van der Waals surface area contributed by atoms with Crippen molar-refractivity contribution < 1.29 is 19.4 Å². The van der Waals surface area contributed by atoms with E-state index >= 15 is 0 Å². The van der Waals surface area contributed by atoms with Crippen LogP contribution in [-0.4, -0.2) is 66.6 Å². The molecule has 0 amide bonds. The van der Waals surface area contributed by atoms with Gasteiger partial charge in [-0.25, -0.2) is 0 Å². The first-order valence-electron chi connectivity index (χ1n) is 17.6. The summed E-state index contributed by atoms with van der Waals surface area (Å²) in [5.41, 5.74) is 2.48. The van der Waals surface area contributed by atoms with Crippen molar-refractivity contribution in [2.24, 2.45) is 23.7 Å². The molecular formula is C38H55N3O4. The van der Waals surface area contributed by atoms with E-state index in [1.165, 1.54) is 56.1 Å². The molecule has 4 fully saturated rings. The van der Waals surface area contributed by atoms with Crippen molar-refractivity contribution in [3.05, 3.63) is 65.2 Å². The Balaban J connectivity index is 0.955. The Kier molecular flexibility index (Phi) is 10.2. The topological polar surface area (TPSA) is 83.1 Å². The van der Waals surface area contributed by atoms with Crippen molar-refractivity contribution in [3.63, 3.8) is 0 Å².